The molecular formula is C8H9F2N5. The summed E-state index contributed by atoms with van der Waals surface area (Å²) in [4.78, 5) is 3.90. The minimum absolute atomic E-state index is 0.122. The van der Waals surface area contributed by atoms with E-state index >= 15 is 0 Å². The number of pyridine rings is 1. The Morgan fingerprint density at radius 1 is 1.40 bits per heavy atom. The maximum Gasteiger partial charge on any atom is 0.246 e. The average molecular weight is 213 g/mol. The lowest BCUT2D eigenvalue weighted by atomic mass is 10.0. The highest BCUT2D eigenvalue weighted by molar-refractivity contribution is 5.69. The molecule has 1 atom stereocenters. The van der Waals surface area contributed by atoms with Gasteiger partial charge in [-0.3, -0.25) is 0 Å². The van der Waals surface area contributed by atoms with Gasteiger partial charge in [-0.25, -0.2) is 13.8 Å². The van der Waals surface area contributed by atoms with Crippen LogP contribution in [-0.4, -0.2) is 33.4 Å². The van der Waals surface area contributed by atoms with Crippen molar-refractivity contribution in [3.05, 3.63) is 17.8 Å². The zero-order valence-corrected chi connectivity index (χ0v) is 7.69. The molecule has 5 nitrogen and oxygen atoms in total. The predicted molar refractivity (Wildman–Crippen MR) is 49.5 cm³/mol. The number of hydrogen-bond donors (Lipinski definition) is 2. The molecule has 0 aromatic carbocycles. The zero-order chi connectivity index (χ0) is 10.8. The van der Waals surface area contributed by atoms with Crippen molar-refractivity contribution >= 4 is 11.2 Å². The molecule has 0 aliphatic rings. The van der Waals surface area contributed by atoms with E-state index in [0.717, 1.165) is 0 Å². The number of hydrogen-bond acceptors (Lipinski definition) is 4. The molecule has 0 aliphatic heterocycles. The van der Waals surface area contributed by atoms with Crippen LogP contribution in [-0.2, 0) is 0 Å². The molecule has 0 radical (unpaired) electrons. The van der Waals surface area contributed by atoms with Crippen molar-refractivity contribution in [2.45, 2.75) is 12.3 Å². The van der Waals surface area contributed by atoms with Gasteiger partial charge in [0.05, 0.1) is 5.92 Å². The normalized spacial score (nSPS) is 13.6. The molecule has 3 N–H and O–H groups in total. The van der Waals surface area contributed by atoms with Crippen LogP contribution in [0.25, 0.3) is 11.2 Å². The first-order chi connectivity index (χ1) is 7.22. The van der Waals surface area contributed by atoms with Gasteiger partial charge in [0, 0.05) is 12.7 Å². The third-order valence-corrected chi connectivity index (χ3v) is 2.18. The Labute approximate surface area is 83.7 Å². The molecule has 0 saturated carbocycles. The summed E-state index contributed by atoms with van der Waals surface area (Å²) in [7, 11) is 0. The van der Waals surface area contributed by atoms with Gasteiger partial charge >= 0.3 is 0 Å². The molecule has 0 amide bonds. The zero-order valence-electron chi connectivity index (χ0n) is 7.69. The highest BCUT2D eigenvalue weighted by atomic mass is 19.3. The molecule has 15 heavy (non-hydrogen) atoms. The van der Waals surface area contributed by atoms with E-state index in [1.807, 2.05) is 0 Å². The molecule has 7 heteroatoms. The van der Waals surface area contributed by atoms with Gasteiger partial charge in [0.15, 0.2) is 0 Å². The van der Waals surface area contributed by atoms with Crippen LogP contribution in [0.1, 0.15) is 11.5 Å². The lowest BCUT2D eigenvalue weighted by Crippen LogP contribution is -2.19. The number of nitrogens with one attached hydrogen (secondary N) is 1. The van der Waals surface area contributed by atoms with E-state index in [9.17, 15) is 8.78 Å². The standard InChI is InChI=1S/C8H9F2N5/c9-7(10)5(2-11)4-1-6-8(12-3-4)14-15-13-6/h1,3,5,7H,2,11H2,(H,12,13,14,15). The third-order valence-electron chi connectivity index (χ3n) is 2.18. The summed E-state index contributed by atoms with van der Waals surface area (Å²) in [6.45, 7) is -0.122. The van der Waals surface area contributed by atoms with E-state index in [2.05, 4.69) is 20.4 Å². The lowest BCUT2D eigenvalue weighted by Gasteiger charge is -2.12. The van der Waals surface area contributed by atoms with Crippen LogP contribution in [0, 0.1) is 0 Å². The molecule has 2 heterocycles. The molecule has 2 rings (SSSR count). The first-order valence-corrected chi connectivity index (χ1v) is 4.37. The molecule has 2 aromatic heterocycles. The first-order valence-electron chi connectivity index (χ1n) is 4.37. The number of nitrogens with zero attached hydrogens (tertiary/aromatic N) is 3. The quantitative estimate of drug-likeness (QED) is 0.784. The van der Waals surface area contributed by atoms with Crippen LogP contribution < -0.4 is 5.73 Å². The number of aromatic nitrogens is 4. The van der Waals surface area contributed by atoms with Gasteiger partial charge in [0.25, 0.3) is 0 Å². The summed E-state index contributed by atoms with van der Waals surface area (Å²) >= 11 is 0. The average Bonchev–Trinajstić information content (AvgIpc) is 2.65. The number of fused-ring (bicyclic) bond motifs is 1. The topological polar surface area (TPSA) is 80.5 Å². The fraction of sp³-hybridized carbons (Fsp3) is 0.375. The van der Waals surface area contributed by atoms with Crippen molar-refractivity contribution in [2.24, 2.45) is 5.73 Å². The van der Waals surface area contributed by atoms with Gasteiger partial charge in [0.1, 0.15) is 5.52 Å². The number of H-pyrrole nitrogens is 1. The van der Waals surface area contributed by atoms with Crippen LogP contribution in [0.5, 0.6) is 0 Å². The SMILES string of the molecule is NCC(c1cnc2n[nH]nc2c1)C(F)F. The maximum absolute atomic E-state index is 12.6. The fourth-order valence-corrected chi connectivity index (χ4v) is 1.34. The third kappa shape index (κ3) is 1.78. The summed E-state index contributed by atoms with van der Waals surface area (Å²) < 4.78 is 25.1. The number of alkyl halides is 2. The van der Waals surface area contributed by atoms with Gasteiger partial charge in [-0.05, 0) is 11.6 Å². The van der Waals surface area contributed by atoms with Crippen molar-refractivity contribution in [3.63, 3.8) is 0 Å². The Bertz CT molecular complexity index is 455. The van der Waals surface area contributed by atoms with Crippen LogP contribution in [0.3, 0.4) is 0 Å². The van der Waals surface area contributed by atoms with E-state index < -0.39 is 12.3 Å². The summed E-state index contributed by atoms with van der Waals surface area (Å²) in [6.07, 6.45) is -1.14. The molecule has 0 aliphatic carbocycles. The lowest BCUT2D eigenvalue weighted by molar-refractivity contribution is 0.117. The first kappa shape index (κ1) is 9.91. The molecular weight excluding hydrogens is 204 g/mol. The highest BCUT2D eigenvalue weighted by Crippen LogP contribution is 2.22. The van der Waals surface area contributed by atoms with E-state index in [0.29, 0.717) is 16.7 Å². The van der Waals surface area contributed by atoms with E-state index in [1.165, 1.54) is 12.3 Å². The smallest absolute Gasteiger partial charge is 0.246 e. The Morgan fingerprint density at radius 3 is 2.87 bits per heavy atom. The van der Waals surface area contributed by atoms with E-state index in [-0.39, 0.29) is 6.54 Å². The van der Waals surface area contributed by atoms with Crippen molar-refractivity contribution in [1.82, 2.24) is 20.4 Å². The van der Waals surface area contributed by atoms with Crippen LogP contribution in [0.2, 0.25) is 0 Å². The Morgan fingerprint density at radius 2 is 2.20 bits per heavy atom. The monoisotopic (exact) mass is 213 g/mol. The summed E-state index contributed by atoms with van der Waals surface area (Å²) in [5.74, 6) is -1.00. The van der Waals surface area contributed by atoms with Gasteiger partial charge in [-0.2, -0.15) is 10.3 Å². The second-order valence-electron chi connectivity index (χ2n) is 3.11. The number of halogens is 2. The second kappa shape index (κ2) is 3.85. The largest absolute Gasteiger partial charge is 0.330 e. The summed E-state index contributed by atoms with van der Waals surface area (Å²) in [5.41, 5.74) is 6.53. The van der Waals surface area contributed by atoms with E-state index in [4.69, 9.17) is 5.73 Å². The Hall–Kier alpha value is -1.63. The van der Waals surface area contributed by atoms with Crippen molar-refractivity contribution < 1.29 is 8.78 Å². The maximum atomic E-state index is 12.6. The van der Waals surface area contributed by atoms with Crippen molar-refractivity contribution in [1.29, 1.82) is 0 Å². The molecule has 2 aromatic rings. The minimum atomic E-state index is -2.50. The molecule has 0 spiro atoms. The van der Waals surface area contributed by atoms with Gasteiger partial charge in [0.2, 0.25) is 12.1 Å². The van der Waals surface area contributed by atoms with Crippen LogP contribution in [0.4, 0.5) is 8.78 Å². The van der Waals surface area contributed by atoms with Gasteiger partial charge < -0.3 is 5.73 Å². The molecule has 0 fully saturated rings. The van der Waals surface area contributed by atoms with Crippen LogP contribution >= 0.6 is 0 Å². The summed E-state index contributed by atoms with van der Waals surface area (Å²) in [5, 5.41) is 9.86. The summed E-state index contributed by atoms with van der Waals surface area (Å²) in [6, 6.07) is 1.52. The second-order valence-corrected chi connectivity index (χ2v) is 3.11. The minimum Gasteiger partial charge on any atom is -0.330 e. The number of nitrogens with two attached hydrogens (primary N) is 1. The van der Waals surface area contributed by atoms with Crippen molar-refractivity contribution in [2.75, 3.05) is 6.54 Å². The van der Waals surface area contributed by atoms with Crippen LogP contribution in [0.15, 0.2) is 12.3 Å². The van der Waals surface area contributed by atoms with Gasteiger partial charge in [-0.15, -0.1) is 5.10 Å². The molecule has 80 valence electrons. The number of rotatable bonds is 3. The van der Waals surface area contributed by atoms with Gasteiger partial charge in [-0.1, -0.05) is 0 Å². The van der Waals surface area contributed by atoms with E-state index in [1.54, 1.807) is 0 Å². The predicted octanol–water partition coefficient (Wildman–Crippen LogP) is 0.660. The highest BCUT2D eigenvalue weighted by Gasteiger charge is 2.21. The fourth-order valence-electron chi connectivity index (χ4n) is 1.34. The Kier molecular flexibility index (Phi) is 2.55. The Balaban J connectivity index is 2.41. The molecule has 1 unspecified atom stereocenters. The molecule has 0 bridgehead atoms. The van der Waals surface area contributed by atoms with Crippen molar-refractivity contribution in [3.8, 4) is 0 Å². The number of aromatic amines is 1. The molecule has 0 saturated heterocycles.